The summed E-state index contributed by atoms with van der Waals surface area (Å²) in [7, 11) is 2.97. The van der Waals surface area contributed by atoms with Gasteiger partial charge in [-0.2, -0.15) is 4.98 Å². The number of ether oxygens (including phenoxy) is 3. The normalized spacial score (nSPS) is 14.6. The molecule has 0 saturated carbocycles. The highest BCUT2D eigenvalue weighted by Gasteiger charge is 2.27. The topological polar surface area (TPSA) is 98.6 Å². The minimum Gasteiger partial charge on any atom is -0.502 e. The van der Waals surface area contributed by atoms with E-state index in [4.69, 9.17) is 14.2 Å². The monoisotopic (exact) mass is 426 g/mol. The van der Waals surface area contributed by atoms with Crippen molar-refractivity contribution < 1.29 is 19.3 Å². The number of hydrogen-bond acceptors (Lipinski definition) is 9. The summed E-state index contributed by atoms with van der Waals surface area (Å²) in [5.74, 6) is 1.78. The number of fused-ring (bicyclic) bond motifs is 3. The Morgan fingerprint density at radius 1 is 1.13 bits per heavy atom. The number of anilines is 1. The van der Waals surface area contributed by atoms with Crippen molar-refractivity contribution in [2.75, 3.05) is 25.3 Å². The van der Waals surface area contributed by atoms with Gasteiger partial charge in [-0.25, -0.2) is 0 Å². The van der Waals surface area contributed by atoms with Crippen molar-refractivity contribution in [2.45, 2.75) is 24.7 Å². The number of phenols is 1. The minimum atomic E-state index is -0.614. The minimum absolute atomic E-state index is 0.0691. The highest BCUT2D eigenvalue weighted by Crippen LogP contribution is 2.43. The lowest BCUT2D eigenvalue weighted by molar-refractivity contribution is 0.223. The van der Waals surface area contributed by atoms with Gasteiger partial charge in [0.1, 0.15) is 0 Å². The molecule has 0 bridgehead atoms. The van der Waals surface area contributed by atoms with E-state index in [-0.39, 0.29) is 17.2 Å². The first-order valence-corrected chi connectivity index (χ1v) is 10.5. The number of aromatic hydroxyl groups is 1. The van der Waals surface area contributed by atoms with Crippen molar-refractivity contribution in [3.8, 4) is 34.4 Å². The van der Waals surface area contributed by atoms with Gasteiger partial charge in [0.2, 0.25) is 16.8 Å². The number of rotatable bonds is 6. The average molecular weight is 426 g/mol. The van der Waals surface area contributed by atoms with Gasteiger partial charge in [0, 0.05) is 22.6 Å². The van der Waals surface area contributed by atoms with Gasteiger partial charge in [-0.05, 0) is 24.6 Å². The molecule has 0 fully saturated rings. The van der Waals surface area contributed by atoms with Crippen LogP contribution in [0.5, 0.6) is 23.1 Å². The third kappa shape index (κ3) is 3.80. The SMILES string of the molecule is CCCSc1nnc2c(n1)O[C@H](c1cc(OC)c(O)c(OC)c1)Nc1ccccc1-2. The highest BCUT2D eigenvalue weighted by molar-refractivity contribution is 7.99. The predicted octanol–water partition coefficient (Wildman–Crippen LogP) is 4.27. The molecule has 1 aliphatic rings. The fourth-order valence-electron chi connectivity index (χ4n) is 3.12. The number of nitrogens with one attached hydrogen (secondary N) is 1. The standard InChI is InChI=1S/C21H22N4O4S/c1-4-9-30-21-23-20-17(24-25-21)13-7-5-6-8-14(13)22-19(29-20)12-10-15(27-2)18(26)16(11-12)28-3/h5-8,10-11,19,22,26H,4,9H2,1-3H3/t19-/m1/s1. The van der Waals surface area contributed by atoms with Crippen LogP contribution in [0.1, 0.15) is 25.1 Å². The molecule has 0 spiro atoms. The number of aromatic nitrogens is 3. The largest absolute Gasteiger partial charge is 0.502 e. The summed E-state index contributed by atoms with van der Waals surface area (Å²) in [6, 6.07) is 11.1. The lowest BCUT2D eigenvalue weighted by atomic mass is 10.1. The second-order valence-electron chi connectivity index (χ2n) is 6.56. The third-order valence-electron chi connectivity index (χ3n) is 4.57. The second-order valence-corrected chi connectivity index (χ2v) is 7.62. The van der Waals surface area contributed by atoms with E-state index in [1.165, 1.54) is 26.0 Å². The molecule has 2 heterocycles. The maximum absolute atomic E-state index is 10.3. The van der Waals surface area contributed by atoms with Crippen LogP contribution in [0.15, 0.2) is 41.6 Å². The quantitative estimate of drug-likeness (QED) is 0.560. The van der Waals surface area contributed by atoms with Gasteiger partial charge in [-0.1, -0.05) is 36.9 Å². The maximum atomic E-state index is 10.3. The summed E-state index contributed by atoms with van der Waals surface area (Å²) < 4.78 is 16.8. The summed E-state index contributed by atoms with van der Waals surface area (Å²) in [5, 5.41) is 22.8. The molecule has 1 aliphatic heterocycles. The molecule has 2 N–H and O–H groups in total. The van der Waals surface area contributed by atoms with Crippen LogP contribution in [-0.2, 0) is 0 Å². The maximum Gasteiger partial charge on any atom is 0.247 e. The van der Waals surface area contributed by atoms with Crippen molar-refractivity contribution in [2.24, 2.45) is 0 Å². The Bertz CT molecular complexity index is 1040. The Morgan fingerprint density at radius 3 is 2.57 bits per heavy atom. The van der Waals surface area contributed by atoms with Crippen LogP contribution in [0.3, 0.4) is 0 Å². The van der Waals surface area contributed by atoms with Gasteiger partial charge in [-0.15, -0.1) is 10.2 Å². The zero-order valence-electron chi connectivity index (χ0n) is 16.9. The van der Waals surface area contributed by atoms with Crippen LogP contribution in [0.4, 0.5) is 5.69 Å². The lowest BCUT2D eigenvalue weighted by Gasteiger charge is -2.21. The van der Waals surface area contributed by atoms with Crippen LogP contribution >= 0.6 is 11.8 Å². The molecule has 30 heavy (non-hydrogen) atoms. The van der Waals surface area contributed by atoms with E-state index in [1.807, 2.05) is 24.3 Å². The van der Waals surface area contributed by atoms with Crippen LogP contribution in [0, 0.1) is 0 Å². The molecule has 0 amide bonds. The summed E-state index contributed by atoms with van der Waals surface area (Å²) in [5.41, 5.74) is 2.95. The van der Waals surface area contributed by atoms with E-state index >= 15 is 0 Å². The van der Waals surface area contributed by atoms with Crippen molar-refractivity contribution in [1.29, 1.82) is 0 Å². The molecule has 3 aromatic rings. The van der Waals surface area contributed by atoms with Gasteiger partial charge < -0.3 is 24.6 Å². The molecule has 9 heteroatoms. The van der Waals surface area contributed by atoms with E-state index < -0.39 is 6.23 Å². The molecule has 0 saturated heterocycles. The molecule has 156 valence electrons. The number of nitrogens with zero attached hydrogens (tertiary/aromatic N) is 3. The molecule has 4 rings (SSSR count). The first-order chi connectivity index (χ1) is 14.6. The van der Waals surface area contributed by atoms with E-state index in [0.29, 0.717) is 22.3 Å². The van der Waals surface area contributed by atoms with Gasteiger partial charge >= 0.3 is 0 Å². The van der Waals surface area contributed by atoms with E-state index in [0.717, 1.165) is 23.4 Å². The average Bonchev–Trinajstić information content (AvgIpc) is 2.94. The Morgan fingerprint density at radius 2 is 1.87 bits per heavy atom. The molecular formula is C21H22N4O4S. The molecule has 2 aromatic carbocycles. The predicted molar refractivity (Wildman–Crippen MR) is 114 cm³/mol. The number of methoxy groups -OCH3 is 2. The van der Waals surface area contributed by atoms with Crippen molar-refractivity contribution in [3.63, 3.8) is 0 Å². The summed E-state index contributed by atoms with van der Waals surface area (Å²) in [6.45, 7) is 2.10. The van der Waals surface area contributed by atoms with Crippen LogP contribution in [-0.4, -0.2) is 40.3 Å². The number of para-hydroxylation sites is 1. The smallest absolute Gasteiger partial charge is 0.247 e. The van der Waals surface area contributed by atoms with E-state index in [9.17, 15) is 5.11 Å². The van der Waals surface area contributed by atoms with Crippen molar-refractivity contribution in [1.82, 2.24) is 15.2 Å². The first-order valence-electron chi connectivity index (χ1n) is 9.49. The molecule has 0 radical (unpaired) electrons. The van der Waals surface area contributed by atoms with E-state index in [1.54, 1.807) is 12.1 Å². The van der Waals surface area contributed by atoms with Gasteiger partial charge in [-0.3, -0.25) is 0 Å². The van der Waals surface area contributed by atoms with Crippen molar-refractivity contribution >= 4 is 17.4 Å². The number of phenolic OH excluding ortho intramolecular Hbond substituents is 1. The number of benzene rings is 2. The second kappa shape index (κ2) is 8.66. The van der Waals surface area contributed by atoms with Gasteiger partial charge in [0.15, 0.2) is 23.4 Å². The molecule has 1 atom stereocenters. The molecule has 8 nitrogen and oxygen atoms in total. The zero-order valence-corrected chi connectivity index (χ0v) is 17.7. The Labute approximate surface area is 178 Å². The highest BCUT2D eigenvalue weighted by atomic mass is 32.2. The summed E-state index contributed by atoms with van der Waals surface area (Å²) in [4.78, 5) is 4.60. The fourth-order valence-corrected chi connectivity index (χ4v) is 3.75. The van der Waals surface area contributed by atoms with Gasteiger partial charge in [0.25, 0.3) is 0 Å². The van der Waals surface area contributed by atoms with E-state index in [2.05, 4.69) is 27.4 Å². The zero-order chi connectivity index (χ0) is 21.1. The third-order valence-corrected chi connectivity index (χ3v) is 5.62. The Balaban J connectivity index is 1.81. The molecule has 0 unspecified atom stereocenters. The van der Waals surface area contributed by atoms with Gasteiger partial charge in [0.05, 0.1) is 14.2 Å². The van der Waals surface area contributed by atoms with Crippen LogP contribution in [0.2, 0.25) is 0 Å². The van der Waals surface area contributed by atoms with Crippen LogP contribution in [0.25, 0.3) is 11.3 Å². The molecule has 1 aromatic heterocycles. The molecular weight excluding hydrogens is 404 g/mol. The number of thioether (sulfide) groups is 1. The van der Waals surface area contributed by atoms with Crippen molar-refractivity contribution in [3.05, 3.63) is 42.0 Å². The fraction of sp³-hybridized carbons (Fsp3) is 0.286. The molecule has 0 aliphatic carbocycles. The first kappa shape index (κ1) is 20.1. The Kier molecular flexibility index (Phi) is 5.80. The Hall–Kier alpha value is -3.20. The van der Waals surface area contributed by atoms with Crippen LogP contribution < -0.4 is 19.5 Å². The number of hydrogen-bond donors (Lipinski definition) is 2. The lowest BCUT2D eigenvalue weighted by Crippen LogP contribution is -2.17. The summed E-state index contributed by atoms with van der Waals surface area (Å²) >= 11 is 1.53. The summed E-state index contributed by atoms with van der Waals surface area (Å²) in [6.07, 6.45) is 0.392.